The predicted molar refractivity (Wildman–Crippen MR) is 14.2 cm³/mol. The van der Waals surface area contributed by atoms with Crippen LogP contribution in [-0.4, -0.2) is 16.4 Å². The third-order valence-electron chi connectivity index (χ3n) is 0. The van der Waals surface area contributed by atoms with Crippen LogP contribution in [0.2, 0.25) is 0 Å². The molecule has 50 valence electrons. The Labute approximate surface area is 44.2 Å². The van der Waals surface area contributed by atoms with Crippen LogP contribution < -0.4 is 0 Å². The van der Waals surface area contributed by atoms with Gasteiger partial charge in [0, 0.05) is 0 Å². The number of hydrogen-bond donors (Lipinski definition) is 0. The maximum absolute atomic E-state index is 9.81. The second-order valence-electron chi connectivity index (χ2n) is 0.192. The molecule has 0 fully saturated rings. The van der Waals surface area contributed by atoms with Crippen molar-refractivity contribution < 1.29 is 43.3 Å². The summed E-state index contributed by atoms with van der Waals surface area (Å²) in [6, 6.07) is 0. The van der Waals surface area contributed by atoms with Crippen LogP contribution in [0.5, 0.6) is 0 Å². The average Bonchev–Trinajstić information content (AvgIpc) is 0.811. The van der Waals surface area contributed by atoms with Crippen LogP contribution in [0.25, 0.3) is 0 Å². The van der Waals surface area contributed by atoms with Crippen LogP contribution in [0.3, 0.4) is 0 Å². The van der Waals surface area contributed by atoms with Crippen molar-refractivity contribution in [3.63, 3.8) is 0 Å². The van der Waals surface area contributed by atoms with Crippen LogP contribution in [-0.2, 0) is 16.6 Å². The van der Waals surface area contributed by atoms with Crippen molar-refractivity contribution in [3.8, 4) is 0 Å². The Bertz CT molecular complexity index is 14.9. The Morgan fingerprint density at radius 2 is 0.714 bits per heavy atom. The second kappa shape index (κ2) is 16.3. The molecule has 0 rings (SSSR count). The van der Waals surface area contributed by atoms with E-state index >= 15 is 0 Å². The SMILES string of the molecule is O.O.O.[F][V]([F])[F]. The Balaban J connectivity index is -0.0000000150. The molecule has 7 heteroatoms. The van der Waals surface area contributed by atoms with E-state index in [1.54, 1.807) is 0 Å². The molecule has 0 radical (unpaired) electrons. The van der Waals surface area contributed by atoms with E-state index in [4.69, 9.17) is 0 Å². The maximum atomic E-state index is 9.81. The first-order chi connectivity index (χ1) is 1.73. The summed E-state index contributed by atoms with van der Waals surface area (Å²) in [5.41, 5.74) is 0. The molecule has 0 unspecified atom stereocenters. The quantitative estimate of drug-likeness (QED) is 0.427. The van der Waals surface area contributed by atoms with Crippen molar-refractivity contribution in [1.29, 1.82) is 0 Å². The molecule has 0 aliphatic rings. The fraction of sp³-hybridized carbons (Fsp3) is 0. The molecule has 0 aliphatic heterocycles. The van der Waals surface area contributed by atoms with Gasteiger partial charge in [-0.05, 0) is 0 Å². The van der Waals surface area contributed by atoms with Gasteiger partial charge in [-0.15, -0.1) is 0 Å². The molecule has 0 saturated heterocycles. The molecule has 0 amide bonds. The summed E-state index contributed by atoms with van der Waals surface area (Å²) in [6.07, 6.45) is 0. The molecule has 0 heterocycles. The monoisotopic (exact) mass is 162 g/mol. The molecule has 0 bridgehead atoms. The Hall–Kier alpha value is 0.254. The number of halogens is 3. The van der Waals surface area contributed by atoms with Gasteiger partial charge in [-0.2, -0.15) is 0 Å². The van der Waals surface area contributed by atoms with Crippen LogP contribution in [0.1, 0.15) is 0 Å². The van der Waals surface area contributed by atoms with Crippen molar-refractivity contribution in [2.45, 2.75) is 0 Å². The Morgan fingerprint density at radius 3 is 0.714 bits per heavy atom. The van der Waals surface area contributed by atoms with Crippen molar-refractivity contribution in [2.24, 2.45) is 0 Å². The first-order valence-corrected chi connectivity index (χ1v) is 2.09. The van der Waals surface area contributed by atoms with Crippen molar-refractivity contribution in [1.82, 2.24) is 0 Å². The minimum absolute atomic E-state index is 0. The normalized spacial score (nSPS) is 5.14. The number of hydrogen-bond acceptors (Lipinski definition) is 0. The van der Waals surface area contributed by atoms with Crippen LogP contribution in [0.4, 0.5) is 10.2 Å². The summed E-state index contributed by atoms with van der Waals surface area (Å²) in [6.45, 7) is 0. The first-order valence-electron chi connectivity index (χ1n) is 0.507. The minimum atomic E-state index is -4.69. The molecule has 0 aliphatic carbocycles. The Kier molecular flexibility index (Phi) is 62.4. The third-order valence-corrected chi connectivity index (χ3v) is 0. The van der Waals surface area contributed by atoms with Gasteiger partial charge in [0.2, 0.25) is 0 Å². The summed E-state index contributed by atoms with van der Waals surface area (Å²) < 4.78 is 29.4. The summed E-state index contributed by atoms with van der Waals surface area (Å²) >= 11 is -4.69. The van der Waals surface area contributed by atoms with Gasteiger partial charge >= 0.3 is 26.8 Å². The van der Waals surface area contributed by atoms with E-state index in [9.17, 15) is 10.2 Å². The topological polar surface area (TPSA) is 94.5 Å². The van der Waals surface area contributed by atoms with E-state index in [-0.39, 0.29) is 16.4 Å². The molecular formula is H6F3O3V. The zero-order valence-corrected chi connectivity index (χ0v) is 4.48. The molecular weight excluding hydrogens is 156 g/mol. The molecule has 0 aromatic heterocycles. The molecule has 3 nitrogen and oxygen atoms in total. The molecule has 0 aromatic rings. The van der Waals surface area contributed by atoms with E-state index in [0.29, 0.717) is 0 Å². The predicted octanol–water partition coefficient (Wildman–Crippen LogP) is -1.22. The van der Waals surface area contributed by atoms with Gasteiger partial charge in [0.25, 0.3) is 0 Å². The zero-order chi connectivity index (χ0) is 3.58. The average molecular weight is 162 g/mol. The van der Waals surface area contributed by atoms with Crippen LogP contribution in [0, 0.1) is 0 Å². The van der Waals surface area contributed by atoms with Gasteiger partial charge in [0.1, 0.15) is 0 Å². The van der Waals surface area contributed by atoms with Gasteiger partial charge in [-0.1, -0.05) is 0 Å². The van der Waals surface area contributed by atoms with Crippen molar-refractivity contribution >= 4 is 0 Å². The van der Waals surface area contributed by atoms with Crippen LogP contribution in [0.15, 0.2) is 0 Å². The summed E-state index contributed by atoms with van der Waals surface area (Å²) in [5, 5.41) is 0. The fourth-order valence-electron chi connectivity index (χ4n) is 0. The zero-order valence-electron chi connectivity index (χ0n) is 3.08. The van der Waals surface area contributed by atoms with E-state index in [2.05, 4.69) is 0 Å². The van der Waals surface area contributed by atoms with E-state index in [1.807, 2.05) is 0 Å². The van der Waals surface area contributed by atoms with Crippen molar-refractivity contribution in [3.05, 3.63) is 0 Å². The summed E-state index contributed by atoms with van der Waals surface area (Å²) in [7, 11) is 0. The van der Waals surface area contributed by atoms with E-state index < -0.39 is 16.6 Å². The third kappa shape index (κ3) is 1750. The first kappa shape index (κ1) is 26.8. The summed E-state index contributed by atoms with van der Waals surface area (Å²) in [4.78, 5) is 0. The molecule has 0 spiro atoms. The van der Waals surface area contributed by atoms with Crippen molar-refractivity contribution in [2.75, 3.05) is 0 Å². The fourth-order valence-corrected chi connectivity index (χ4v) is 0. The standard InChI is InChI=1S/3FH.3H2O.V/h3*1H;3*1H2;/q;;;;;;+3/p-3. The number of rotatable bonds is 0. The second-order valence-corrected chi connectivity index (χ2v) is 0.790. The molecule has 6 N–H and O–H groups in total. The van der Waals surface area contributed by atoms with Crippen LogP contribution >= 0.6 is 0 Å². The van der Waals surface area contributed by atoms with E-state index in [1.165, 1.54) is 0 Å². The molecule has 7 heavy (non-hydrogen) atoms. The Morgan fingerprint density at radius 1 is 0.714 bits per heavy atom. The molecule has 0 aromatic carbocycles. The van der Waals surface area contributed by atoms with E-state index in [0.717, 1.165) is 0 Å². The van der Waals surface area contributed by atoms with Gasteiger partial charge in [-0.25, -0.2) is 0 Å². The van der Waals surface area contributed by atoms with Gasteiger partial charge in [-0.3, -0.25) is 0 Å². The summed E-state index contributed by atoms with van der Waals surface area (Å²) in [5.74, 6) is 0. The molecule has 0 atom stereocenters. The van der Waals surface area contributed by atoms with Gasteiger partial charge < -0.3 is 16.4 Å². The van der Waals surface area contributed by atoms with Gasteiger partial charge in [0.15, 0.2) is 0 Å². The molecule has 0 saturated carbocycles. The van der Waals surface area contributed by atoms with Gasteiger partial charge in [0.05, 0.1) is 0 Å².